The predicted octanol–water partition coefficient (Wildman–Crippen LogP) is 2.23. The summed E-state index contributed by atoms with van der Waals surface area (Å²) in [5.74, 6) is 0. The molecule has 1 aromatic carbocycles. The number of amides is 2. The fraction of sp³-hybridized carbons (Fsp3) is 0.143. The molecule has 1 heterocycles. The molecule has 0 radical (unpaired) electrons. The fourth-order valence-electron chi connectivity index (χ4n) is 1.64. The summed E-state index contributed by atoms with van der Waals surface area (Å²) < 4.78 is 0. The van der Waals surface area contributed by atoms with Gasteiger partial charge in [-0.05, 0) is 24.1 Å². The molecule has 0 saturated carbocycles. The van der Waals surface area contributed by atoms with Gasteiger partial charge in [-0.25, -0.2) is 4.79 Å². The minimum Gasteiger partial charge on any atom is -0.352 e. The first-order valence-corrected chi connectivity index (χ1v) is 5.70. The van der Waals surface area contributed by atoms with Crippen molar-refractivity contribution in [3.05, 3.63) is 53.9 Å². The SMILES string of the molecule is Cc1ccc(-c2ccc(CNC(N)=O)cc2)cn1. The predicted molar refractivity (Wildman–Crippen MR) is 70.8 cm³/mol. The second-order valence-electron chi connectivity index (χ2n) is 4.10. The maximum atomic E-state index is 10.6. The van der Waals surface area contributed by atoms with Gasteiger partial charge in [-0.1, -0.05) is 30.3 Å². The number of aryl methyl sites for hydroxylation is 1. The van der Waals surface area contributed by atoms with Crippen molar-refractivity contribution >= 4 is 6.03 Å². The van der Waals surface area contributed by atoms with Gasteiger partial charge < -0.3 is 11.1 Å². The minimum absolute atomic E-state index is 0.446. The van der Waals surface area contributed by atoms with Crippen LogP contribution in [0, 0.1) is 6.92 Å². The van der Waals surface area contributed by atoms with Crippen LogP contribution in [0.25, 0.3) is 11.1 Å². The Morgan fingerprint density at radius 2 is 1.83 bits per heavy atom. The Hall–Kier alpha value is -2.36. The number of urea groups is 1. The van der Waals surface area contributed by atoms with Gasteiger partial charge in [-0.15, -0.1) is 0 Å². The second kappa shape index (κ2) is 5.31. The van der Waals surface area contributed by atoms with E-state index in [1.54, 1.807) is 0 Å². The summed E-state index contributed by atoms with van der Waals surface area (Å²) >= 11 is 0. The van der Waals surface area contributed by atoms with E-state index in [4.69, 9.17) is 5.73 Å². The highest BCUT2D eigenvalue weighted by Crippen LogP contribution is 2.18. The number of rotatable bonds is 3. The summed E-state index contributed by atoms with van der Waals surface area (Å²) in [5.41, 5.74) is 9.21. The number of pyridine rings is 1. The summed E-state index contributed by atoms with van der Waals surface area (Å²) in [7, 11) is 0. The molecule has 1 aromatic heterocycles. The molecular weight excluding hydrogens is 226 g/mol. The van der Waals surface area contributed by atoms with Crippen molar-refractivity contribution in [2.45, 2.75) is 13.5 Å². The van der Waals surface area contributed by atoms with Crippen molar-refractivity contribution < 1.29 is 4.79 Å². The first-order chi connectivity index (χ1) is 8.65. The molecule has 0 aliphatic carbocycles. The van der Waals surface area contributed by atoms with Gasteiger partial charge in [0.15, 0.2) is 0 Å². The van der Waals surface area contributed by atoms with Gasteiger partial charge in [0.1, 0.15) is 0 Å². The summed E-state index contributed by atoms with van der Waals surface area (Å²) in [6, 6.07) is 11.4. The van der Waals surface area contributed by atoms with E-state index in [2.05, 4.69) is 10.3 Å². The molecule has 0 unspecified atom stereocenters. The van der Waals surface area contributed by atoms with E-state index < -0.39 is 6.03 Å². The molecule has 4 heteroatoms. The molecule has 3 N–H and O–H groups in total. The van der Waals surface area contributed by atoms with Crippen LogP contribution in [0.4, 0.5) is 4.79 Å². The largest absolute Gasteiger partial charge is 0.352 e. The van der Waals surface area contributed by atoms with Crippen LogP contribution < -0.4 is 11.1 Å². The van der Waals surface area contributed by atoms with Gasteiger partial charge in [-0.3, -0.25) is 4.98 Å². The van der Waals surface area contributed by atoms with Crippen LogP contribution in [0.5, 0.6) is 0 Å². The molecule has 0 bridgehead atoms. The molecule has 2 aromatic rings. The van der Waals surface area contributed by atoms with Crippen molar-refractivity contribution in [2.24, 2.45) is 5.73 Å². The third kappa shape index (κ3) is 3.07. The number of benzene rings is 1. The zero-order chi connectivity index (χ0) is 13.0. The Bertz CT molecular complexity index is 532. The molecule has 0 spiro atoms. The summed E-state index contributed by atoms with van der Waals surface area (Å²) in [5, 5.41) is 2.56. The van der Waals surface area contributed by atoms with Gasteiger partial charge in [-0.2, -0.15) is 0 Å². The average Bonchev–Trinajstić information content (AvgIpc) is 2.38. The quantitative estimate of drug-likeness (QED) is 0.865. The first-order valence-electron chi connectivity index (χ1n) is 5.70. The van der Waals surface area contributed by atoms with Gasteiger partial charge in [0.25, 0.3) is 0 Å². The second-order valence-corrected chi connectivity index (χ2v) is 4.10. The van der Waals surface area contributed by atoms with Crippen molar-refractivity contribution in [3.63, 3.8) is 0 Å². The standard InChI is InChI=1S/C14H15N3O/c1-10-2-5-13(9-16-10)12-6-3-11(4-7-12)8-17-14(15)18/h2-7,9H,8H2,1H3,(H3,15,17,18). The van der Waals surface area contributed by atoms with E-state index >= 15 is 0 Å². The zero-order valence-electron chi connectivity index (χ0n) is 10.2. The molecule has 0 aliphatic rings. The van der Waals surface area contributed by atoms with Crippen LogP contribution in [0.2, 0.25) is 0 Å². The molecule has 0 fully saturated rings. The van der Waals surface area contributed by atoms with Gasteiger partial charge in [0.2, 0.25) is 0 Å². The van der Waals surface area contributed by atoms with Crippen LogP contribution in [0.3, 0.4) is 0 Å². The number of carbonyl (C=O) groups is 1. The van der Waals surface area contributed by atoms with E-state index in [1.165, 1.54) is 0 Å². The highest BCUT2D eigenvalue weighted by atomic mass is 16.2. The Morgan fingerprint density at radius 1 is 1.17 bits per heavy atom. The lowest BCUT2D eigenvalue weighted by Gasteiger charge is -2.05. The number of carbonyl (C=O) groups excluding carboxylic acids is 1. The number of aromatic nitrogens is 1. The van der Waals surface area contributed by atoms with E-state index in [-0.39, 0.29) is 0 Å². The van der Waals surface area contributed by atoms with Crippen molar-refractivity contribution in [2.75, 3.05) is 0 Å². The molecule has 4 nitrogen and oxygen atoms in total. The van der Waals surface area contributed by atoms with Crippen molar-refractivity contribution in [1.82, 2.24) is 10.3 Å². The van der Waals surface area contributed by atoms with Gasteiger partial charge >= 0.3 is 6.03 Å². The number of primary amides is 1. The van der Waals surface area contributed by atoms with Gasteiger partial charge in [0.05, 0.1) is 0 Å². The molecule has 92 valence electrons. The number of nitrogens with one attached hydrogen (secondary N) is 1. The molecule has 2 rings (SSSR count). The Kier molecular flexibility index (Phi) is 3.57. The number of hydrogen-bond donors (Lipinski definition) is 2. The van der Waals surface area contributed by atoms with Crippen molar-refractivity contribution in [1.29, 1.82) is 0 Å². The van der Waals surface area contributed by atoms with Crippen LogP contribution in [0.1, 0.15) is 11.3 Å². The van der Waals surface area contributed by atoms with Crippen molar-refractivity contribution in [3.8, 4) is 11.1 Å². The molecule has 0 aliphatic heterocycles. The topological polar surface area (TPSA) is 68.0 Å². The molecular formula is C14H15N3O. The first kappa shape index (κ1) is 12.1. The van der Waals surface area contributed by atoms with E-state index in [0.717, 1.165) is 22.4 Å². The number of hydrogen-bond acceptors (Lipinski definition) is 2. The lowest BCUT2D eigenvalue weighted by Crippen LogP contribution is -2.28. The van der Waals surface area contributed by atoms with Crippen LogP contribution >= 0.6 is 0 Å². The smallest absolute Gasteiger partial charge is 0.312 e. The van der Waals surface area contributed by atoms with E-state index in [1.807, 2.05) is 49.5 Å². The molecule has 0 saturated heterocycles. The number of nitrogens with two attached hydrogens (primary N) is 1. The molecule has 2 amide bonds. The maximum Gasteiger partial charge on any atom is 0.312 e. The van der Waals surface area contributed by atoms with Crippen LogP contribution in [-0.2, 0) is 6.54 Å². The third-order valence-corrected chi connectivity index (χ3v) is 2.67. The van der Waals surface area contributed by atoms with Crippen LogP contribution in [-0.4, -0.2) is 11.0 Å². The Labute approximate surface area is 106 Å². The lowest BCUT2D eigenvalue weighted by atomic mass is 10.1. The molecule has 18 heavy (non-hydrogen) atoms. The molecule has 0 atom stereocenters. The summed E-state index contributed by atoms with van der Waals surface area (Å²) in [6.07, 6.45) is 1.85. The van der Waals surface area contributed by atoms with E-state index in [0.29, 0.717) is 6.54 Å². The number of nitrogens with zero attached hydrogens (tertiary/aromatic N) is 1. The third-order valence-electron chi connectivity index (χ3n) is 2.67. The lowest BCUT2D eigenvalue weighted by molar-refractivity contribution is 0.248. The van der Waals surface area contributed by atoms with Gasteiger partial charge in [0, 0.05) is 24.0 Å². The fourth-order valence-corrected chi connectivity index (χ4v) is 1.64. The zero-order valence-corrected chi connectivity index (χ0v) is 10.2. The highest BCUT2D eigenvalue weighted by molar-refractivity contribution is 5.71. The normalized spacial score (nSPS) is 10.1. The van der Waals surface area contributed by atoms with E-state index in [9.17, 15) is 4.79 Å². The summed E-state index contributed by atoms with van der Waals surface area (Å²) in [6.45, 7) is 2.41. The highest BCUT2D eigenvalue weighted by Gasteiger charge is 1.99. The van der Waals surface area contributed by atoms with Crippen LogP contribution in [0.15, 0.2) is 42.6 Å². The average molecular weight is 241 g/mol. The maximum absolute atomic E-state index is 10.6. The summed E-state index contributed by atoms with van der Waals surface area (Å²) in [4.78, 5) is 14.9. The Morgan fingerprint density at radius 3 is 2.39 bits per heavy atom. The minimum atomic E-state index is -0.512. The Balaban J connectivity index is 2.12. The monoisotopic (exact) mass is 241 g/mol.